The summed E-state index contributed by atoms with van der Waals surface area (Å²) in [7, 11) is 7.65. The van der Waals surface area contributed by atoms with Crippen LogP contribution in [0.1, 0.15) is 17.2 Å². The monoisotopic (exact) mass is 355 g/mol. The third-order valence-electron chi connectivity index (χ3n) is 4.33. The van der Waals surface area contributed by atoms with Crippen molar-refractivity contribution in [1.82, 2.24) is 15.1 Å². The van der Waals surface area contributed by atoms with E-state index in [1.165, 1.54) is 5.56 Å². The predicted molar refractivity (Wildman–Crippen MR) is 105 cm³/mol. The highest BCUT2D eigenvalue weighted by molar-refractivity contribution is 5.78. The minimum atomic E-state index is 0.0313. The second-order valence-corrected chi connectivity index (χ2v) is 6.71. The summed E-state index contributed by atoms with van der Waals surface area (Å²) < 4.78 is 5.21. The zero-order valence-electron chi connectivity index (χ0n) is 16.1. The Kier molecular flexibility index (Phi) is 7.63. The molecule has 0 saturated carbocycles. The first-order valence-corrected chi connectivity index (χ1v) is 8.79. The van der Waals surface area contributed by atoms with Gasteiger partial charge in [-0.15, -0.1) is 0 Å². The minimum absolute atomic E-state index is 0.0313. The lowest BCUT2D eigenvalue weighted by Crippen LogP contribution is -2.39. The van der Waals surface area contributed by atoms with E-state index in [2.05, 4.69) is 22.3 Å². The van der Waals surface area contributed by atoms with E-state index >= 15 is 0 Å². The molecule has 1 atom stereocenters. The fourth-order valence-electron chi connectivity index (χ4n) is 2.89. The predicted octanol–water partition coefficient (Wildman–Crippen LogP) is 2.55. The number of methoxy groups -OCH3 is 1. The Bertz CT molecular complexity index is 671. The Morgan fingerprint density at radius 3 is 2.27 bits per heavy atom. The number of ether oxygens (including phenoxy) is 1. The van der Waals surface area contributed by atoms with Gasteiger partial charge in [0.2, 0.25) is 5.91 Å². The van der Waals surface area contributed by atoms with Crippen molar-refractivity contribution in [2.45, 2.75) is 12.6 Å². The van der Waals surface area contributed by atoms with E-state index in [0.29, 0.717) is 13.1 Å². The van der Waals surface area contributed by atoms with E-state index in [9.17, 15) is 4.79 Å². The molecule has 0 aliphatic rings. The first-order valence-electron chi connectivity index (χ1n) is 8.79. The van der Waals surface area contributed by atoms with E-state index in [0.717, 1.165) is 17.9 Å². The second-order valence-electron chi connectivity index (χ2n) is 6.71. The molecule has 0 aliphatic carbocycles. The van der Waals surface area contributed by atoms with Gasteiger partial charge in [-0.3, -0.25) is 9.69 Å². The molecule has 0 spiro atoms. The van der Waals surface area contributed by atoms with Crippen molar-refractivity contribution in [3.8, 4) is 5.75 Å². The number of likely N-dealkylation sites (N-methyl/N-ethyl adjacent to an activating group) is 2. The smallest absolute Gasteiger partial charge is 0.234 e. The molecular formula is C21H29N3O2. The molecule has 1 unspecified atom stereocenters. The summed E-state index contributed by atoms with van der Waals surface area (Å²) in [6.45, 7) is 1.69. The van der Waals surface area contributed by atoms with Gasteiger partial charge in [0.25, 0.3) is 0 Å². The number of hydrogen-bond donors (Lipinski definition) is 1. The molecule has 1 N–H and O–H groups in total. The van der Waals surface area contributed by atoms with Gasteiger partial charge >= 0.3 is 0 Å². The molecule has 0 bridgehead atoms. The summed E-state index contributed by atoms with van der Waals surface area (Å²) in [5.41, 5.74) is 2.35. The summed E-state index contributed by atoms with van der Waals surface area (Å²) in [6.07, 6.45) is 0. The van der Waals surface area contributed by atoms with Gasteiger partial charge in [-0.25, -0.2) is 0 Å². The number of benzene rings is 2. The van der Waals surface area contributed by atoms with Crippen LogP contribution >= 0.6 is 0 Å². The summed E-state index contributed by atoms with van der Waals surface area (Å²) in [4.78, 5) is 16.4. The van der Waals surface area contributed by atoms with Crippen LogP contribution < -0.4 is 10.1 Å². The number of rotatable bonds is 9. The average molecular weight is 355 g/mol. The molecule has 5 nitrogen and oxygen atoms in total. The van der Waals surface area contributed by atoms with Crippen LogP contribution in [0.4, 0.5) is 0 Å². The van der Waals surface area contributed by atoms with E-state index in [1.54, 1.807) is 7.11 Å². The normalized spacial score (nSPS) is 12.2. The highest BCUT2D eigenvalue weighted by Gasteiger charge is 2.16. The molecule has 2 rings (SSSR count). The van der Waals surface area contributed by atoms with Crippen LogP contribution in [-0.2, 0) is 11.3 Å². The number of carbonyl (C=O) groups is 1. The maximum absolute atomic E-state index is 12.3. The lowest BCUT2D eigenvalue weighted by molar-refractivity contribution is -0.122. The molecule has 0 aliphatic heterocycles. The van der Waals surface area contributed by atoms with Gasteiger partial charge in [-0.1, -0.05) is 42.5 Å². The Morgan fingerprint density at radius 1 is 1.04 bits per heavy atom. The van der Waals surface area contributed by atoms with Crippen molar-refractivity contribution < 1.29 is 9.53 Å². The third kappa shape index (κ3) is 6.17. The molecule has 2 aromatic carbocycles. The van der Waals surface area contributed by atoms with Crippen molar-refractivity contribution in [1.29, 1.82) is 0 Å². The third-order valence-corrected chi connectivity index (χ3v) is 4.33. The van der Waals surface area contributed by atoms with E-state index in [1.807, 2.05) is 68.5 Å². The number of nitrogens with one attached hydrogen (secondary N) is 1. The highest BCUT2D eigenvalue weighted by atomic mass is 16.5. The first kappa shape index (κ1) is 19.9. The number of nitrogens with zero attached hydrogens (tertiary/aromatic N) is 2. The van der Waals surface area contributed by atoms with Crippen LogP contribution in [0.3, 0.4) is 0 Å². The SMILES string of the molecule is COc1ccc(C(CNC(=O)CN(C)Cc2ccccc2)N(C)C)cc1. The highest BCUT2D eigenvalue weighted by Crippen LogP contribution is 2.20. The fourth-order valence-corrected chi connectivity index (χ4v) is 2.89. The van der Waals surface area contributed by atoms with Crippen LogP contribution in [0.5, 0.6) is 5.75 Å². The van der Waals surface area contributed by atoms with Gasteiger partial charge in [-0.2, -0.15) is 0 Å². The maximum Gasteiger partial charge on any atom is 0.234 e. The van der Waals surface area contributed by atoms with Gasteiger partial charge in [0.1, 0.15) is 5.75 Å². The molecule has 2 aromatic rings. The molecule has 0 radical (unpaired) electrons. The van der Waals surface area contributed by atoms with E-state index in [-0.39, 0.29) is 11.9 Å². The molecule has 0 aromatic heterocycles. The van der Waals surface area contributed by atoms with E-state index in [4.69, 9.17) is 4.74 Å². The molecule has 140 valence electrons. The minimum Gasteiger partial charge on any atom is -0.497 e. The molecule has 26 heavy (non-hydrogen) atoms. The Hall–Kier alpha value is -2.37. The number of hydrogen-bond acceptors (Lipinski definition) is 4. The van der Waals surface area contributed by atoms with Gasteiger partial charge in [0, 0.05) is 13.1 Å². The lowest BCUT2D eigenvalue weighted by Gasteiger charge is -2.26. The number of amides is 1. The van der Waals surface area contributed by atoms with Crippen molar-refractivity contribution in [2.24, 2.45) is 0 Å². The van der Waals surface area contributed by atoms with Crippen molar-refractivity contribution >= 4 is 5.91 Å². The average Bonchev–Trinajstić information content (AvgIpc) is 2.62. The Balaban J connectivity index is 1.86. The standard InChI is InChI=1S/C21H29N3O2/c1-23(2)20(18-10-12-19(26-4)13-11-18)14-22-21(25)16-24(3)15-17-8-6-5-7-9-17/h5-13,20H,14-16H2,1-4H3,(H,22,25). The second kappa shape index (κ2) is 9.94. The van der Waals surface area contributed by atoms with Gasteiger partial charge in [0.15, 0.2) is 0 Å². The largest absolute Gasteiger partial charge is 0.497 e. The van der Waals surface area contributed by atoms with Crippen molar-refractivity contribution in [2.75, 3.05) is 41.3 Å². The van der Waals surface area contributed by atoms with Crippen LogP contribution in [0.15, 0.2) is 54.6 Å². The molecule has 0 heterocycles. The van der Waals surface area contributed by atoms with Crippen LogP contribution in [0.2, 0.25) is 0 Å². The molecule has 0 saturated heterocycles. The van der Waals surface area contributed by atoms with Gasteiger partial charge < -0.3 is 15.0 Å². The molecular weight excluding hydrogens is 326 g/mol. The topological polar surface area (TPSA) is 44.8 Å². The Morgan fingerprint density at radius 2 is 1.69 bits per heavy atom. The summed E-state index contributed by atoms with van der Waals surface area (Å²) in [5.74, 6) is 0.863. The molecule has 0 fully saturated rings. The van der Waals surface area contributed by atoms with Crippen molar-refractivity contribution in [3.63, 3.8) is 0 Å². The first-order chi connectivity index (χ1) is 12.5. The van der Waals surface area contributed by atoms with Gasteiger partial charge in [-0.05, 0) is 44.4 Å². The zero-order valence-corrected chi connectivity index (χ0v) is 16.1. The quantitative estimate of drug-likeness (QED) is 0.751. The van der Waals surface area contributed by atoms with E-state index < -0.39 is 0 Å². The fraction of sp³-hybridized carbons (Fsp3) is 0.381. The zero-order chi connectivity index (χ0) is 18.9. The maximum atomic E-state index is 12.3. The molecule has 1 amide bonds. The van der Waals surface area contributed by atoms with Crippen molar-refractivity contribution in [3.05, 3.63) is 65.7 Å². The number of carbonyl (C=O) groups excluding carboxylic acids is 1. The molecule has 5 heteroatoms. The summed E-state index contributed by atoms with van der Waals surface area (Å²) in [6, 6.07) is 18.2. The summed E-state index contributed by atoms with van der Waals surface area (Å²) >= 11 is 0. The van der Waals surface area contributed by atoms with Gasteiger partial charge in [0.05, 0.1) is 19.7 Å². The van der Waals surface area contributed by atoms with Crippen LogP contribution in [0, 0.1) is 0 Å². The Labute approximate surface area is 156 Å². The lowest BCUT2D eigenvalue weighted by atomic mass is 10.1. The van der Waals surface area contributed by atoms with Crippen LogP contribution in [-0.4, -0.2) is 57.0 Å². The summed E-state index contributed by atoms with van der Waals surface area (Å²) in [5, 5.41) is 3.05. The van der Waals surface area contributed by atoms with Crippen LogP contribution in [0.25, 0.3) is 0 Å².